The molecule has 2 aromatic carbocycles. The number of nitrogens with zero attached hydrogens (tertiary/aromatic N) is 1. The van der Waals surface area contributed by atoms with Crippen molar-refractivity contribution in [3.8, 4) is 22.6 Å². The van der Waals surface area contributed by atoms with Crippen LogP contribution < -0.4 is 15.2 Å². The van der Waals surface area contributed by atoms with Crippen LogP contribution in [0.2, 0.25) is 0 Å². The van der Waals surface area contributed by atoms with Gasteiger partial charge in [0.05, 0.1) is 27.4 Å². The van der Waals surface area contributed by atoms with Gasteiger partial charge in [-0.3, -0.25) is 0 Å². The zero-order valence-corrected chi connectivity index (χ0v) is 14.1. The molecule has 6 nitrogen and oxygen atoms in total. The first-order valence-corrected chi connectivity index (χ1v) is 7.77. The number of aliphatic hydroxyl groups excluding tert-OH is 2. The highest BCUT2D eigenvalue weighted by Crippen LogP contribution is 2.40. The van der Waals surface area contributed by atoms with Crippen molar-refractivity contribution in [2.75, 3.05) is 20.0 Å². The second-order valence-electron chi connectivity index (χ2n) is 5.60. The molecule has 130 valence electrons. The third-order valence-electron chi connectivity index (χ3n) is 4.24. The molecule has 0 aliphatic carbocycles. The van der Waals surface area contributed by atoms with Gasteiger partial charge in [0.1, 0.15) is 5.82 Å². The monoisotopic (exact) mass is 340 g/mol. The van der Waals surface area contributed by atoms with E-state index in [1.54, 1.807) is 26.5 Å². The van der Waals surface area contributed by atoms with Crippen LogP contribution in [0.5, 0.6) is 11.5 Å². The van der Waals surface area contributed by atoms with Gasteiger partial charge in [0, 0.05) is 6.20 Å². The van der Waals surface area contributed by atoms with Crippen LogP contribution in [0.1, 0.15) is 11.1 Å². The van der Waals surface area contributed by atoms with Gasteiger partial charge >= 0.3 is 0 Å². The van der Waals surface area contributed by atoms with E-state index in [1.165, 1.54) is 0 Å². The number of methoxy groups -OCH3 is 2. The quantitative estimate of drug-likeness (QED) is 0.660. The van der Waals surface area contributed by atoms with Gasteiger partial charge in [-0.25, -0.2) is 4.98 Å². The predicted octanol–water partition coefficient (Wildman–Crippen LogP) is 2.49. The maximum absolute atomic E-state index is 9.93. The van der Waals surface area contributed by atoms with Gasteiger partial charge in [-0.1, -0.05) is 0 Å². The van der Waals surface area contributed by atoms with Crippen LogP contribution in [0, 0.1) is 0 Å². The zero-order valence-electron chi connectivity index (χ0n) is 14.1. The van der Waals surface area contributed by atoms with Gasteiger partial charge in [-0.2, -0.15) is 0 Å². The summed E-state index contributed by atoms with van der Waals surface area (Å²) in [6.45, 7) is -0.397. The number of benzene rings is 2. The topological polar surface area (TPSA) is 97.8 Å². The molecule has 3 aromatic rings. The van der Waals surface area contributed by atoms with E-state index in [-0.39, 0.29) is 13.2 Å². The molecular weight excluding hydrogens is 320 g/mol. The van der Waals surface area contributed by atoms with E-state index in [0.29, 0.717) is 28.4 Å². The van der Waals surface area contributed by atoms with Crippen LogP contribution in [-0.4, -0.2) is 29.4 Å². The Hall–Kier alpha value is -2.83. The SMILES string of the molecule is COc1cc2cc(CO)c(CO)c(-c3ccnc(N)c3)c2cc1OC. The molecule has 0 fully saturated rings. The molecule has 0 amide bonds. The summed E-state index contributed by atoms with van der Waals surface area (Å²) in [6, 6.07) is 9.12. The first-order chi connectivity index (χ1) is 12.1. The summed E-state index contributed by atoms with van der Waals surface area (Å²) < 4.78 is 10.8. The predicted molar refractivity (Wildman–Crippen MR) is 96.5 cm³/mol. The fraction of sp³-hybridized carbons (Fsp3) is 0.211. The van der Waals surface area contributed by atoms with E-state index in [9.17, 15) is 10.2 Å². The van der Waals surface area contributed by atoms with E-state index in [2.05, 4.69) is 4.98 Å². The Labute approximate surface area is 145 Å². The van der Waals surface area contributed by atoms with Gasteiger partial charge in [-0.05, 0) is 63.4 Å². The Balaban J connectivity index is 2.45. The van der Waals surface area contributed by atoms with Gasteiger partial charge < -0.3 is 25.4 Å². The second-order valence-corrected chi connectivity index (χ2v) is 5.60. The Morgan fingerprint density at radius 1 is 1.00 bits per heavy atom. The molecule has 6 heteroatoms. The highest BCUT2D eigenvalue weighted by molar-refractivity contribution is 6.01. The van der Waals surface area contributed by atoms with E-state index in [0.717, 1.165) is 21.9 Å². The average molecular weight is 340 g/mol. The fourth-order valence-electron chi connectivity index (χ4n) is 3.08. The largest absolute Gasteiger partial charge is 0.493 e. The fourth-order valence-corrected chi connectivity index (χ4v) is 3.08. The number of aromatic nitrogens is 1. The second kappa shape index (κ2) is 6.96. The minimum atomic E-state index is -0.211. The van der Waals surface area contributed by atoms with Crippen molar-refractivity contribution < 1.29 is 19.7 Å². The third kappa shape index (κ3) is 2.97. The van der Waals surface area contributed by atoms with Crippen LogP contribution in [0.3, 0.4) is 0 Å². The average Bonchev–Trinajstić information content (AvgIpc) is 2.64. The van der Waals surface area contributed by atoms with Crippen molar-refractivity contribution in [2.45, 2.75) is 13.2 Å². The smallest absolute Gasteiger partial charge is 0.161 e. The highest BCUT2D eigenvalue weighted by Gasteiger charge is 2.17. The number of nitrogen functional groups attached to an aromatic ring is 1. The van der Waals surface area contributed by atoms with Crippen molar-refractivity contribution in [3.63, 3.8) is 0 Å². The van der Waals surface area contributed by atoms with Gasteiger partial charge in [0.15, 0.2) is 11.5 Å². The molecule has 0 aliphatic heterocycles. The van der Waals surface area contributed by atoms with E-state index in [4.69, 9.17) is 15.2 Å². The summed E-state index contributed by atoms with van der Waals surface area (Å²) in [6.07, 6.45) is 1.62. The summed E-state index contributed by atoms with van der Waals surface area (Å²) in [5.41, 5.74) is 8.73. The number of hydrogen-bond acceptors (Lipinski definition) is 6. The molecule has 0 radical (unpaired) electrons. The molecule has 0 unspecified atom stereocenters. The van der Waals surface area contributed by atoms with Crippen LogP contribution in [0.25, 0.3) is 21.9 Å². The minimum absolute atomic E-state index is 0.187. The van der Waals surface area contributed by atoms with Crippen LogP contribution in [0.4, 0.5) is 5.82 Å². The Bertz CT molecular complexity index is 920. The van der Waals surface area contributed by atoms with E-state index >= 15 is 0 Å². The van der Waals surface area contributed by atoms with Crippen LogP contribution >= 0.6 is 0 Å². The maximum Gasteiger partial charge on any atom is 0.161 e. The minimum Gasteiger partial charge on any atom is -0.493 e. The first kappa shape index (κ1) is 17.0. The van der Waals surface area contributed by atoms with Crippen LogP contribution in [0.15, 0.2) is 36.5 Å². The number of pyridine rings is 1. The number of nitrogens with two attached hydrogens (primary N) is 1. The lowest BCUT2D eigenvalue weighted by Gasteiger charge is -2.18. The maximum atomic E-state index is 9.93. The molecule has 0 bridgehead atoms. The van der Waals surface area contributed by atoms with Gasteiger partial charge in [0.2, 0.25) is 0 Å². The molecule has 0 saturated heterocycles. The van der Waals surface area contributed by atoms with Crippen molar-refractivity contribution in [1.82, 2.24) is 4.98 Å². The van der Waals surface area contributed by atoms with E-state index < -0.39 is 0 Å². The Morgan fingerprint density at radius 2 is 1.72 bits per heavy atom. The molecule has 3 rings (SSSR count). The summed E-state index contributed by atoms with van der Waals surface area (Å²) >= 11 is 0. The number of anilines is 1. The van der Waals surface area contributed by atoms with Gasteiger partial charge in [-0.15, -0.1) is 0 Å². The molecule has 4 N–H and O–H groups in total. The highest BCUT2D eigenvalue weighted by atomic mass is 16.5. The lowest BCUT2D eigenvalue weighted by molar-refractivity contribution is 0.260. The molecule has 1 aromatic heterocycles. The number of aliphatic hydroxyl groups is 2. The lowest BCUT2D eigenvalue weighted by Crippen LogP contribution is -2.01. The third-order valence-corrected chi connectivity index (χ3v) is 4.24. The Kier molecular flexibility index (Phi) is 4.74. The zero-order chi connectivity index (χ0) is 18.0. The summed E-state index contributed by atoms with van der Waals surface area (Å²) in [5.74, 6) is 1.55. The molecule has 0 saturated carbocycles. The summed E-state index contributed by atoms with van der Waals surface area (Å²) in [4.78, 5) is 4.03. The number of ether oxygens (including phenoxy) is 2. The standard InChI is InChI=1S/C19H20N2O4/c1-24-16-6-12-5-13(9-22)15(10-23)19(14(12)8-17(16)25-2)11-3-4-21-18(20)7-11/h3-8,22-23H,9-10H2,1-2H3,(H2,20,21). The molecule has 0 aliphatic rings. The molecular formula is C19H20N2O4. The van der Waals surface area contributed by atoms with Crippen molar-refractivity contribution in [3.05, 3.63) is 47.7 Å². The summed E-state index contributed by atoms with van der Waals surface area (Å²) in [7, 11) is 3.14. The van der Waals surface area contributed by atoms with E-state index in [1.807, 2.05) is 24.3 Å². The van der Waals surface area contributed by atoms with Gasteiger partial charge in [0.25, 0.3) is 0 Å². The lowest BCUT2D eigenvalue weighted by atomic mass is 9.90. The molecule has 0 spiro atoms. The molecule has 25 heavy (non-hydrogen) atoms. The summed E-state index contributed by atoms with van der Waals surface area (Å²) in [5, 5.41) is 21.4. The van der Waals surface area contributed by atoms with Crippen LogP contribution in [-0.2, 0) is 13.2 Å². The molecule has 0 atom stereocenters. The Morgan fingerprint density at radius 3 is 2.32 bits per heavy atom. The molecule has 1 heterocycles. The number of hydrogen-bond donors (Lipinski definition) is 3. The van der Waals surface area contributed by atoms with Crippen molar-refractivity contribution in [2.24, 2.45) is 0 Å². The number of rotatable bonds is 5. The number of fused-ring (bicyclic) bond motifs is 1. The van der Waals surface area contributed by atoms with Crippen molar-refractivity contribution >= 4 is 16.6 Å². The first-order valence-electron chi connectivity index (χ1n) is 7.77. The normalized spacial score (nSPS) is 10.9. The van der Waals surface area contributed by atoms with Crippen molar-refractivity contribution in [1.29, 1.82) is 0 Å².